The van der Waals surface area contributed by atoms with E-state index >= 15 is 0 Å². The van der Waals surface area contributed by atoms with Crippen LogP contribution in [0.4, 0.5) is 5.69 Å². The number of nitrogens with zero attached hydrogens (tertiary/aromatic N) is 3. The number of anilines is 1. The SMILES string of the molecule is O=P(O)(O)CP(=O)(O)OC[C@H]1OC(c2cnc3c(NCc4ccccc4Cl)cc(Cl)nn23)[C@H](O)[C@@H]1O. The molecule has 2 unspecified atom stereocenters. The fourth-order valence-electron chi connectivity index (χ4n) is 3.71. The van der Waals surface area contributed by atoms with Crippen molar-refractivity contribution in [2.24, 2.45) is 0 Å². The standard InChI is InChI=1S/C19H22Cl2N4O9P2/c20-11-4-2-1-3-10(11)6-22-12-5-15(21)24-25-13(7-23-19(12)25)18-17(27)16(26)14(34-18)8-33-36(31,32)9-35(28,29)30/h1-5,7,14,16-18,22,26-27H,6,8-9H2,(H,31,32)(H2,28,29,30)/t14-,16-,17-,18?/m1/s1. The zero-order chi connectivity index (χ0) is 26.3. The second-order valence-corrected chi connectivity index (χ2v) is 12.8. The molecule has 1 saturated heterocycles. The lowest BCUT2D eigenvalue weighted by Crippen LogP contribution is -2.33. The highest BCUT2D eigenvalue weighted by Crippen LogP contribution is 2.55. The highest BCUT2D eigenvalue weighted by atomic mass is 35.5. The van der Waals surface area contributed by atoms with Crippen LogP contribution in [-0.2, 0) is 24.9 Å². The molecule has 13 nitrogen and oxygen atoms in total. The molecule has 0 spiro atoms. The first-order valence-electron chi connectivity index (χ1n) is 10.4. The van der Waals surface area contributed by atoms with Gasteiger partial charge >= 0.3 is 15.2 Å². The summed E-state index contributed by atoms with van der Waals surface area (Å²) in [6.45, 7) is -0.355. The number of hydrogen-bond donors (Lipinski definition) is 6. The number of nitrogens with one attached hydrogen (secondary N) is 1. The molecule has 0 bridgehead atoms. The number of halogens is 2. The number of aliphatic hydroxyl groups is 2. The van der Waals surface area contributed by atoms with Crippen LogP contribution in [-0.4, -0.2) is 70.3 Å². The minimum absolute atomic E-state index is 0.0926. The van der Waals surface area contributed by atoms with Gasteiger partial charge in [0, 0.05) is 17.6 Å². The zero-order valence-corrected chi connectivity index (χ0v) is 21.6. The van der Waals surface area contributed by atoms with E-state index in [0.29, 0.717) is 22.9 Å². The van der Waals surface area contributed by atoms with Gasteiger partial charge in [-0.1, -0.05) is 41.4 Å². The molecule has 36 heavy (non-hydrogen) atoms. The highest BCUT2D eigenvalue weighted by Gasteiger charge is 2.46. The van der Waals surface area contributed by atoms with Gasteiger partial charge in [-0.2, -0.15) is 5.10 Å². The van der Waals surface area contributed by atoms with Gasteiger partial charge in [0.15, 0.2) is 16.7 Å². The quantitative estimate of drug-likeness (QED) is 0.201. The van der Waals surface area contributed by atoms with Crippen LogP contribution in [0.3, 0.4) is 0 Å². The molecular formula is C19H22Cl2N4O9P2. The first-order valence-corrected chi connectivity index (χ1v) is 14.7. The third kappa shape index (κ3) is 6.27. The van der Waals surface area contributed by atoms with Crippen molar-refractivity contribution < 1.29 is 43.3 Å². The lowest BCUT2D eigenvalue weighted by Gasteiger charge is -2.18. The molecule has 3 heterocycles. The van der Waals surface area contributed by atoms with E-state index in [1.54, 1.807) is 12.1 Å². The van der Waals surface area contributed by atoms with Crippen molar-refractivity contribution in [3.63, 3.8) is 0 Å². The summed E-state index contributed by atoms with van der Waals surface area (Å²) in [4.78, 5) is 31.8. The molecule has 0 amide bonds. The lowest BCUT2D eigenvalue weighted by atomic mass is 10.1. The molecule has 4 rings (SSSR count). The molecule has 1 aliphatic rings. The predicted octanol–water partition coefficient (Wildman–Crippen LogP) is 2.15. The van der Waals surface area contributed by atoms with Crippen molar-refractivity contribution in [2.75, 3.05) is 17.8 Å². The van der Waals surface area contributed by atoms with E-state index in [9.17, 15) is 24.2 Å². The average molecular weight is 583 g/mol. The Balaban J connectivity index is 1.53. The van der Waals surface area contributed by atoms with E-state index in [2.05, 4.69) is 15.4 Å². The van der Waals surface area contributed by atoms with E-state index in [1.807, 2.05) is 18.2 Å². The molecule has 0 aliphatic carbocycles. The molecule has 6 N–H and O–H groups in total. The number of hydrogen-bond acceptors (Lipinski definition) is 9. The van der Waals surface area contributed by atoms with E-state index in [0.717, 1.165) is 5.56 Å². The van der Waals surface area contributed by atoms with Crippen LogP contribution < -0.4 is 5.32 Å². The maximum Gasteiger partial charge on any atom is 0.340 e. The van der Waals surface area contributed by atoms with Gasteiger partial charge in [0.05, 0.1) is 24.2 Å². The van der Waals surface area contributed by atoms with Gasteiger partial charge in [0.1, 0.15) is 24.4 Å². The van der Waals surface area contributed by atoms with Crippen LogP contribution in [0.25, 0.3) is 5.65 Å². The predicted molar refractivity (Wildman–Crippen MR) is 129 cm³/mol. The van der Waals surface area contributed by atoms with Gasteiger partial charge in [-0.3, -0.25) is 9.13 Å². The van der Waals surface area contributed by atoms with Crippen LogP contribution >= 0.6 is 38.4 Å². The lowest BCUT2D eigenvalue weighted by molar-refractivity contribution is -0.0204. The monoisotopic (exact) mass is 582 g/mol. The van der Waals surface area contributed by atoms with Gasteiger partial charge in [-0.25, -0.2) is 9.50 Å². The highest BCUT2D eigenvalue weighted by molar-refractivity contribution is 7.70. The number of imidazole rings is 1. The largest absolute Gasteiger partial charge is 0.387 e. The Bertz CT molecular complexity index is 1350. The van der Waals surface area contributed by atoms with E-state index in [4.69, 9.17) is 42.2 Å². The van der Waals surface area contributed by atoms with E-state index in [-0.39, 0.29) is 10.8 Å². The summed E-state index contributed by atoms with van der Waals surface area (Å²) in [5.74, 6) is -1.39. The second kappa shape index (κ2) is 10.6. The third-order valence-corrected chi connectivity index (χ3v) is 9.36. The summed E-state index contributed by atoms with van der Waals surface area (Å²) in [5, 5.41) is 29.0. The van der Waals surface area contributed by atoms with E-state index < -0.39 is 52.1 Å². The summed E-state index contributed by atoms with van der Waals surface area (Å²) in [6, 6.07) is 8.82. The van der Waals surface area contributed by atoms with Gasteiger partial charge < -0.3 is 39.5 Å². The van der Waals surface area contributed by atoms with Gasteiger partial charge in [0.2, 0.25) is 0 Å². The molecule has 0 saturated carbocycles. The number of rotatable bonds is 9. The molecule has 17 heteroatoms. The fraction of sp³-hybridized carbons (Fsp3) is 0.368. The normalized spacial score (nSPS) is 24.2. The van der Waals surface area contributed by atoms with Crippen molar-refractivity contribution in [1.82, 2.24) is 14.6 Å². The topological polar surface area (TPSA) is 196 Å². The van der Waals surface area contributed by atoms with Crippen molar-refractivity contribution in [3.8, 4) is 0 Å². The van der Waals surface area contributed by atoms with Crippen molar-refractivity contribution in [2.45, 2.75) is 31.0 Å². The van der Waals surface area contributed by atoms with Crippen LogP contribution in [0.1, 0.15) is 17.4 Å². The first-order chi connectivity index (χ1) is 16.8. The van der Waals surface area contributed by atoms with Crippen LogP contribution in [0.15, 0.2) is 36.5 Å². The van der Waals surface area contributed by atoms with Crippen LogP contribution in [0, 0.1) is 0 Å². The Kier molecular flexibility index (Phi) is 8.11. The molecule has 2 aromatic heterocycles. The molecule has 1 aromatic carbocycles. The second-order valence-electron chi connectivity index (χ2n) is 8.06. The molecule has 5 atom stereocenters. The van der Waals surface area contributed by atoms with Crippen LogP contribution in [0.5, 0.6) is 0 Å². The van der Waals surface area contributed by atoms with Crippen molar-refractivity contribution in [3.05, 3.63) is 58.0 Å². The number of ether oxygens (including phenoxy) is 1. The van der Waals surface area contributed by atoms with Crippen LogP contribution in [0.2, 0.25) is 10.2 Å². The number of benzene rings is 1. The summed E-state index contributed by atoms with van der Waals surface area (Å²) < 4.78 is 34.6. The zero-order valence-electron chi connectivity index (χ0n) is 18.3. The summed E-state index contributed by atoms with van der Waals surface area (Å²) in [6.07, 6.45) is -4.14. The Labute approximate surface area is 214 Å². The molecular weight excluding hydrogens is 561 g/mol. The molecule has 196 valence electrons. The maximum atomic E-state index is 11.9. The molecule has 3 aromatic rings. The average Bonchev–Trinajstić information content (AvgIpc) is 3.31. The molecule has 1 aliphatic heterocycles. The Hall–Kier alpha value is -1.60. The fourth-order valence-corrected chi connectivity index (χ4v) is 6.66. The minimum Gasteiger partial charge on any atom is -0.387 e. The third-order valence-electron chi connectivity index (χ3n) is 5.35. The summed E-state index contributed by atoms with van der Waals surface area (Å²) in [5.41, 5.74) is 1.91. The molecule has 1 fully saturated rings. The van der Waals surface area contributed by atoms with Crippen molar-refractivity contribution in [1.29, 1.82) is 0 Å². The van der Waals surface area contributed by atoms with Crippen molar-refractivity contribution >= 4 is 49.7 Å². The first kappa shape index (κ1) is 27.4. The molecule has 0 radical (unpaired) electrons. The smallest absolute Gasteiger partial charge is 0.340 e. The van der Waals surface area contributed by atoms with Gasteiger partial charge in [0.25, 0.3) is 0 Å². The Morgan fingerprint density at radius 2 is 1.86 bits per heavy atom. The number of aliphatic hydroxyl groups excluding tert-OH is 2. The maximum absolute atomic E-state index is 11.9. The minimum atomic E-state index is -4.83. The number of fused-ring (bicyclic) bond motifs is 1. The summed E-state index contributed by atoms with van der Waals surface area (Å²) >= 11 is 12.4. The van der Waals surface area contributed by atoms with Gasteiger partial charge in [-0.15, -0.1) is 0 Å². The number of aromatic nitrogens is 3. The van der Waals surface area contributed by atoms with E-state index in [1.165, 1.54) is 10.7 Å². The summed E-state index contributed by atoms with van der Waals surface area (Å²) in [7, 11) is -9.51. The Morgan fingerprint density at radius 3 is 2.56 bits per heavy atom. The Morgan fingerprint density at radius 1 is 1.14 bits per heavy atom. The van der Waals surface area contributed by atoms with Gasteiger partial charge in [-0.05, 0) is 11.6 Å².